The van der Waals surface area contributed by atoms with Crippen molar-refractivity contribution in [1.82, 2.24) is 5.32 Å². The fourth-order valence-electron chi connectivity index (χ4n) is 2.21. The van der Waals surface area contributed by atoms with Gasteiger partial charge >= 0.3 is 0 Å². The number of hydrogen-bond donors (Lipinski definition) is 1. The van der Waals surface area contributed by atoms with Crippen LogP contribution < -0.4 is 5.32 Å². The summed E-state index contributed by atoms with van der Waals surface area (Å²) < 4.78 is 13.4. The molecule has 0 spiro atoms. The highest BCUT2D eigenvalue weighted by molar-refractivity contribution is 6.31. The second kappa shape index (κ2) is 5.72. The molecule has 1 N–H and O–H groups in total. The molecule has 0 radical (unpaired) electrons. The van der Waals surface area contributed by atoms with E-state index in [-0.39, 0.29) is 11.9 Å². The number of nitrogens with one attached hydrogen (secondary N) is 1. The standard InChI is InChI=1S/C16H17ClFN/c1-10-7-14(15(17)8-11(10)2)16(19-3)12-5-4-6-13(18)9-12/h4-9,16,19H,1-3H3. The average Bonchev–Trinajstić information content (AvgIpc) is 2.36. The number of halogens is 2. The van der Waals surface area contributed by atoms with Gasteiger partial charge in [-0.1, -0.05) is 29.8 Å². The van der Waals surface area contributed by atoms with Gasteiger partial charge in [-0.15, -0.1) is 0 Å². The Morgan fingerprint density at radius 3 is 2.42 bits per heavy atom. The Balaban J connectivity index is 2.51. The first-order valence-corrected chi connectivity index (χ1v) is 6.60. The van der Waals surface area contributed by atoms with Gasteiger partial charge in [-0.3, -0.25) is 0 Å². The Bertz CT molecular complexity index is 595. The van der Waals surface area contributed by atoms with E-state index in [0.717, 1.165) is 16.7 Å². The summed E-state index contributed by atoms with van der Waals surface area (Å²) in [5, 5.41) is 3.90. The summed E-state index contributed by atoms with van der Waals surface area (Å²) in [5.41, 5.74) is 4.17. The molecule has 0 aromatic heterocycles. The van der Waals surface area contributed by atoms with Gasteiger partial charge < -0.3 is 5.32 Å². The Morgan fingerprint density at radius 1 is 1.11 bits per heavy atom. The quantitative estimate of drug-likeness (QED) is 0.876. The molecule has 0 saturated heterocycles. The van der Waals surface area contributed by atoms with Crippen molar-refractivity contribution in [2.75, 3.05) is 7.05 Å². The zero-order valence-electron chi connectivity index (χ0n) is 11.3. The lowest BCUT2D eigenvalue weighted by Gasteiger charge is -2.20. The van der Waals surface area contributed by atoms with E-state index in [1.807, 2.05) is 33.0 Å². The van der Waals surface area contributed by atoms with Crippen LogP contribution in [0.1, 0.15) is 28.3 Å². The Morgan fingerprint density at radius 2 is 1.79 bits per heavy atom. The molecule has 19 heavy (non-hydrogen) atoms. The second-order valence-corrected chi connectivity index (χ2v) is 5.14. The first-order chi connectivity index (χ1) is 9.02. The summed E-state index contributed by atoms with van der Waals surface area (Å²) in [6.07, 6.45) is 0. The van der Waals surface area contributed by atoms with Gasteiger partial charge in [0.05, 0.1) is 6.04 Å². The van der Waals surface area contributed by atoms with E-state index in [9.17, 15) is 4.39 Å². The van der Waals surface area contributed by atoms with Crippen LogP contribution in [0.5, 0.6) is 0 Å². The molecule has 0 saturated carbocycles. The van der Waals surface area contributed by atoms with E-state index < -0.39 is 0 Å². The molecule has 0 aliphatic rings. The van der Waals surface area contributed by atoms with E-state index in [2.05, 4.69) is 11.4 Å². The largest absolute Gasteiger partial charge is 0.309 e. The van der Waals surface area contributed by atoms with Gasteiger partial charge in [0.15, 0.2) is 0 Å². The van der Waals surface area contributed by atoms with Gasteiger partial charge in [-0.2, -0.15) is 0 Å². The summed E-state index contributed by atoms with van der Waals surface area (Å²) in [7, 11) is 1.85. The van der Waals surface area contributed by atoms with Crippen LogP contribution in [0.4, 0.5) is 4.39 Å². The van der Waals surface area contributed by atoms with Crippen molar-refractivity contribution in [3.05, 3.63) is 69.5 Å². The molecule has 100 valence electrons. The normalized spacial score (nSPS) is 12.5. The summed E-state index contributed by atoms with van der Waals surface area (Å²) in [4.78, 5) is 0. The molecule has 3 heteroatoms. The van der Waals surface area contributed by atoms with Gasteiger partial charge in [0.2, 0.25) is 0 Å². The molecule has 2 aromatic rings. The predicted molar refractivity (Wildman–Crippen MR) is 78.2 cm³/mol. The summed E-state index contributed by atoms with van der Waals surface area (Å²) in [5.74, 6) is -0.238. The summed E-state index contributed by atoms with van der Waals surface area (Å²) in [6.45, 7) is 4.08. The van der Waals surface area contributed by atoms with Crippen LogP contribution in [0.25, 0.3) is 0 Å². The van der Waals surface area contributed by atoms with E-state index in [1.165, 1.54) is 17.7 Å². The molecule has 2 aromatic carbocycles. The van der Waals surface area contributed by atoms with Crippen molar-refractivity contribution in [3.63, 3.8) is 0 Å². The highest BCUT2D eigenvalue weighted by Gasteiger charge is 2.16. The van der Waals surface area contributed by atoms with E-state index in [4.69, 9.17) is 11.6 Å². The van der Waals surface area contributed by atoms with Gasteiger partial charge in [-0.05, 0) is 61.3 Å². The summed E-state index contributed by atoms with van der Waals surface area (Å²) in [6, 6.07) is 10.5. The Labute approximate surface area is 118 Å². The van der Waals surface area contributed by atoms with Gasteiger partial charge in [-0.25, -0.2) is 4.39 Å². The zero-order valence-corrected chi connectivity index (χ0v) is 12.1. The molecule has 1 atom stereocenters. The molecule has 1 unspecified atom stereocenters. The van der Waals surface area contributed by atoms with Crippen molar-refractivity contribution in [2.45, 2.75) is 19.9 Å². The van der Waals surface area contributed by atoms with Gasteiger partial charge in [0.25, 0.3) is 0 Å². The van der Waals surface area contributed by atoms with Gasteiger partial charge in [0, 0.05) is 5.02 Å². The van der Waals surface area contributed by atoms with E-state index in [0.29, 0.717) is 5.02 Å². The molecule has 2 rings (SSSR count). The van der Waals surface area contributed by atoms with Crippen molar-refractivity contribution >= 4 is 11.6 Å². The lowest BCUT2D eigenvalue weighted by Crippen LogP contribution is -2.18. The molecule has 0 amide bonds. The molecule has 0 bridgehead atoms. The Hall–Kier alpha value is -1.38. The third kappa shape index (κ3) is 2.96. The topological polar surface area (TPSA) is 12.0 Å². The average molecular weight is 278 g/mol. The number of benzene rings is 2. The molecule has 0 heterocycles. The smallest absolute Gasteiger partial charge is 0.123 e. The molecular formula is C16H17ClFN. The number of rotatable bonds is 3. The Kier molecular flexibility index (Phi) is 4.23. The minimum atomic E-state index is -0.238. The first-order valence-electron chi connectivity index (χ1n) is 6.22. The van der Waals surface area contributed by atoms with Crippen molar-refractivity contribution < 1.29 is 4.39 Å². The van der Waals surface area contributed by atoms with Crippen LogP contribution in [0.15, 0.2) is 36.4 Å². The van der Waals surface area contributed by atoms with Crippen LogP contribution >= 0.6 is 11.6 Å². The van der Waals surface area contributed by atoms with Gasteiger partial charge in [0.1, 0.15) is 5.82 Å². The van der Waals surface area contributed by atoms with Crippen LogP contribution in [0.3, 0.4) is 0 Å². The lowest BCUT2D eigenvalue weighted by molar-refractivity contribution is 0.616. The maximum Gasteiger partial charge on any atom is 0.123 e. The third-order valence-corrected chi connectivity index (χ3v) is 3.72. The van der Waals surface area contributed by atoms with Crippen LogP contribution in [-0.2, 0) is 0 Å². The number of aryl methyl sites for hydroxylation is 2. The predicted octanol–water partition coefficient (Wildman–Crippen LogP) is 4.40. The molecular weight excluding hydrogens is 261 g/mol. The van der Waals surface area contributed by atoms with E-state index >= 15 is 0 Å². The minimum Gasteiger partial charge on any atom is -0.309 e. The third-order valence-electron chi connectivity index (χ3n) is 3.39. The first kappa shape index (κ1) is 14.0. The second-order valence-electron chi connectivity index (χ2n) is 4.73. The van der Waals surface area contributed by atoms with Crippen molar-refractivity contribution in [1.29, 1.82) is 0 Å². The van der Waals surface area contributed by atoms with Crippen LogP contribution in [0, 0.1) is 19.7 Å². The number of hydrogen-bond acceptors (Lipinski definition) is 1. The van der Waals surface area contributed by atoms with Crippen LogP contribution in [0.2, 0.25) is 5.02 Å². The summed E-state index contributed by atoms with van der Waals surface area (Å²) >= 11 is 6.33. The van der Waals surface area contributed by atoms with Crippen molar-refractivity contribution in [3.8, 4) is 0 Å². The van der Waals surface area contributed by atoms with Crippen molar-refractivity contribution in [2.24, 2.45) is 0 Å². The maximum absolute atomic E-state index is 13.4. The molecule has 0 aliphatic carbocycles. The fraction of sp³-hybridized carbons (Fsp3) is 0.250. The van der Waals surface area contributed by atoms with Crippen LogP contribution in [-0.4, -0.2) is 7.05 Å². The zero-order chi connectivity index (χ0) is 14.0. The SMILES string of the molecule is CNC(c1cccc(F)c1)c1cc(C)c(C)cc1Cl. The fourth-order valence-corrected chi connectivity index (χ4v) is 2.54. The molecule has 0 aliphatic heterocycles. The minimum absolute atomic E-state index is 0.109. The van der Waals surface area contributed by atoms with E-state index in [1.54, 1.807) is 6.07 Å². The highest BCUT2D eigenvalue weighted by Crippen LogP contribution is 2.30. The molecule has 0 fully saturated rings. The maximum atomic E-state index is 13.4. The monoisotopic (exact) mass is 277 g/mol. The highest BCUT2D eigenvalue weighted by atomic mass is 35.5. The molecule has 1 nitrogen and oxygen atoms in total. The lowest BCUT2D eigenvalue weighted by atomic mass is 9.95.